The molecule has 0 aliphatic heterocycles. The molecule has 0 aliphatic carbocycles. The van der Waals surface area contributed by atoms with E-state index in [1.807, 2.05) is 6.07 Å². The Bertz CT molecular complexity index is 1320. The third-order valence-electron chi connectivity index (χ3n) is 5.35. The summed E-state index contributed by atoms with van der Waals surface area (Å²) in [6.07, 6.45) is -1.23. The Morgan fingerprint density at radius 1 is 0.686 bits per heavy atom. The first-order chi connectivity index (χ1) is 17.1. The molecular formula is C29H23NO5. The molecule has 35 heavy (non-hydrogen) atoms. The lowest BCUT2D eigenvalue weighted by molar-refractivity contribution is -0.125. The van der Waals surface area contributed by atoms with Crippen molar-refractivity contribution in [2.45, 2.75) is 6.10 Å². The second kappa shape index (κ2) is 10.9. The van der Waals surface area contributed by atoms with Crippen molar-refractivity contribution in [3.63, 3.8) is 0 Å². The van der Waals surface area contributed by atoms with E-state index in [-0.39, 0.29) is 16.9 Å². The molecule has 0 radical (unpaired) electrons. The fraction of sp³-hybridized carbons (Fsp3) is 0.0690. The molecule has 1 amide bonds. The third-order valence-corrected chi connectivity index (χ3v) is 5.35. The average Bonchev–Trinajstić information content (AvgIpc) is 2.92. The Labute approximate surface area is 203 Å². The summed E-state index contributed by atoms with van der Waals surface area (Å²) in [5.41, 5.74) is 1.75. The molecule has 0 spiro atoms. The molecule has 0 heterocycles. The van der Waals surface area contributed by atoms with Crippen molar-refractivity contribution >= 4 is 23.3 Å². The van der Waals surface area contributed by atoms with Crippen LogP contribution in [0, 0.1) is 0 Å². The fourth-order valence-electron chi connectivity index (χ4n) is 3.56. The standard InChI is InChI=1S/C29H23NO5/c1-34-23-18-16-22(17-19-23)30-28(32)27(21-12-6-3-7-13-21)35-29(33)25-15-9-8-14-24(25)26(31)20-10-4-2-5-11-20/h2-19,27H,1H3,(H,30,32). The Morgan fingerprint density at radius 2 is 1.26 bits per heavy atom. The number of amides is 1. The maximum absolute atomic E-state index is 13.3. The van der Waals surface area contributed by atoms with Crippen molar-refractivity contribution in [3.8, 4) is 5.75 Å². The zero-order valence-electron chi connectivity index (χ0n) is 19.0. The second-order valence-electron chi connectivity index (χ2n) is 7.65. The van der Waals surface area contributed by atoms with Gasteiger partial charge in [0.2, 0.25) is 6.10 Å². The van der Waals surface area contributed by atoms with Gasteiger partial charge in [-0.1, -0.05) is 78.9 Å². The van der Waals surface area contributed by atoms with E-state index in [0.717, 1.165) is 0 Å². The van der Waals surface area contributed by atoms with E-state index >= 15 is 0 Å². The molecule has 0 saturated carbocycles. The minimum Gasteiger partial charge on any atom is -0.497 e. The lowest BCUT2D eigenvalue weighted by Gasteiger charge is -2.19. The topological polar surface area (TPSA) is 81.7 Å². The van der Waals surface area contributed by atoms with Gasteiger partial charge in [0.1, 0.15) is 5.75 Å². The number of ether oxygens (including phenoxy) is 2. The van der Waals surface area contributed by atoms with Crippen LogP contribution < -0.4 is 10.1 Å². The zero-order valence-corrected chi connectivity index (χ0v) is 19.0. The van der Waals surface area contributed by atoms with Crippen LogP contribution in [0.25, 0.3) is 0 Å². The van der Waals surface area contributed by atoms with E-state index in [9.17, 15) is 14.4 Å². The molecule has 0 fully saturated rings. The van der Waals surface area contributed by atoms with Crippen molar-refractivity contribution in [1.29, 1.82) is 0 Å². The Hall–Kier alpha value is -4.71. The molecule has 0 aromatic heterocycles. The van der Waals surface area contributed by atoms with Gasteiger partial charge in [-0.25, -0.2) is 4.79 Å². The van der Waals surface area contributed by atoms with Gasteiger partial charge in [-0.2, -0.15) is 0 Å². The summed E-state index contributed by atoms with van der Waals surface area (Å²) >= 11 is 0. The number of rotatable bonds is 8. The SMILES string of the molecule is COc1ccc(NC(=O)C(OC(=O)c2ccccc2C(=O)c2ccccc2)c2ccccc2)cc1. The Kier molecular flexibility index (Phi) is 7.33. The van der Waals surface area contributed by atoms with Crippen LogP contribution >= 0.6 is 0 Å². The van der Waals surface area contributed by atoms with Crippen LogP contribution in [0.2, 0.25) is 0 Å². The molecule has 0 aliphatic rings. The van der Waals surface area contributed by atoms with Gasteiger partial charge in [-0.3, -0.25) is 9.59 Å². The first kappa shape index (κ1) is 23.4. The van der Waals surface area contributed by atoms with Crippen LogP contribution in [0.15, 0.2) is 109 Å². The van der Waals surface area contributed by atoms with E-state index in [0.29, 0.717) is 22.6 Å². The summed E-state index contributed by atoms with van der Waals surface area (Å²) < 4.78 is 10.8. The predicted molar refractivity (Wildman–Crippen MR) is 133 cm³/mol. The summed E-state index contributed by atoms with van der Waals surface area (Å²) in [6.45, 7) is 0. The molecule has 1 unspecified atom stereocenters. The highest BCUT2D eigenvalue weighted by Gasteiger charge is 2.28. The highest BCUT2D eigenvalue weighted by molar-refractivity contribution is 6.14. The van der Waals surface area contributed by atoms with Crippen LogP contribution in [-0.2, 0) is 9.53 Å². The average molecular weight is 466 g/mol. The van der Waals surface area contributed by atoms with Crippen LogP contribution in [0.3, 0.4) is 0 Å². The van der Waals surface area contributed by atoms with E-state index < -0.39 is 18.0 Å². The highest BCUT2D eigenvalue weighted by Crippen LogP contribution is 2.24. The smallest absolute Gasteiger partial charge is 0.340 e. The molecule has 4 rings (SSSR count). The molecular weight excluding hydrogens is 442 g/mol. The number of carbonyl (C=O) groups is 3. The molecule has 174 valence electrons. The summed E-state index contributed by atoms with van der Waals surface area (Å²) in [7, 11) is 1.55. The van der Waals surface area contributed by atoms with Gasteiger partial charge in [0, 0.05) is 22.4 Å². The van der Waals surface area contributed by atoms with E-state index in [1.54, 1.807) is 104 Å². The minimum atomic E-state index is -1.23. The van der Waals surface area contributed by atoms with Crippen molar-refractivity contribution < 1.29 is 23.9 Å². The lowest BCUT2D eigenvalue weighted by Crippen LogP contribution is -2.26. The highest BCUT2D eigenvalue weighted by atomic mass is 16.5. The fourth-order valence-corrected chi connectivity index (χ4v) is 3.56. The van der Waals surface area contributed by atoms with Crippen molar-refractivity contribution in [2.24, 2.45) is 0 Å². The Morgan fingerprint density at radius 3 is 1.89 bits per heavy atom. The first-order valence-electron chi connectivity index (χ1n) is 11.0. The van der Waals surface area contributed by atoms with Crippen LogP contribution in [0.4, 0.5) is 5.69 Å². The van der Waals surface area contributed by atoms with Gasteiger partial charge in [0.05, 0.1) is 12.7 Å². The normalized spacial score (nSPS) is 11.2. The number of hydrogen-bond acceptors (Lipinski definition) is 5. The monoisotopic (exact) mass is 465 g/mol. The van der Waals surface area contributed by atoms with Gasteiger partial charge < -0.3 is 14.8 Å². The number of nitrogens with one attached hydrogen (secondary N) is 1. The first-order valence-corrected chi connectivity index (χ1v) is 11.0. The second-order valence-corrected chi connectivity index (χ2v) is 7.65. The minimum absolute atomic E-state index is 0.0829. The predicted octanol–water partition coefficient (Wildman–Crippen LogP) is 5.46. The zero-order chi connectivity index (χ0) is 24.6. The maximum Gasteiger partial charge on any atom is 0.340 e. The van der Waals surface area contributed by atoms with Crippen molar-refractivity contribution in [1.82, 2.24) is 0 Å². The molecule has 0 saturated heterocycles. The van der Waals surface area contributed by atoms with E-state index in [1.165, 1.54) is 6.07 Å². The summed E-state index contributed by atoms with van der Waals surface area (Å²) in [5.74, 6) is -0.962. The molecule has 1 atom stereocenters. The summed E-state index contributed by atoms with van der Waals surface area (Å²) in [4.78, 5) is 39.5. The van der Waals surface area contributed by atoms with E-state index in [4.69, 9.17) is 9.47 Å². The van der Waals surface area contributed by atoms with Gasteiger partial charge in [0.15, 0.2) is 5.78 Å². The molecule has 0 bridgehead atoms. The summed E-state index contributed by atoms with van der Waals surface area (Å²) in [5, 5.41) is 2.77. The van der Waals surface area contributed by atoms with Crippen LogP contribution in [-0.4, -0.2) is 24.8 Å². The lowest BCUT2D eigenvalue weighted by atomic mass is 9.98. The van der Waals surface area contributed by atoms with Gasteiger partial charge in [-0.05, 0) is 30.3 Å². The number of ketones is 1. The van der Waals surface area contributed by atoms with Crippen molar-refractivity contribution in [2.75, 3.05) is 12.4 Å². The number of carbonyl (C=O) groups excluding carboxylic acids is 3. The Balaban J connectivity index is 1.61. The number of benzene rings is 4. The van der Waals surface area contributed by atoms with Crippen molar-refractivity contribution in [3.05, 3.63) is 131 Å². The molecule has 4 aromatic carbocycles. The van der Waals surface area contributed by atoms with E-state index in [2.05, 4.69) is 5.32 Å². The number of anilines is 1. The van der Waals surface area contributed by atoms with Gasteiger partial charge in [0.25, 0.3) is 5.91 Å². The van der Waals surface area contributed by atoms with Gasteiger partial charge >= 0.3 is 5.97 Å². The van der Waals surface area contributed by atoms with Crippen LogP contribution in [0.5, 0.6) is 5.75 Å². The quantitative estimate of drug-likeness (QED) is 0.276. The molecule has 1 N–H and O–H groups in total. The number of hydrogen-bond donors (Lipinski definition) is 1. The molecule has 6 nitrogen and oxygen atoms in total. The number of methoxy groups -OCH3 is 1. The summed E-state index contributed by atoms with van der Waals surface area (Å²) in [6, 6.07) is 30.6. The van der Waals surface area contributed by atoms with Gasteiger partial charge in [-0.15, -0.1) is 0 Å². The third kappa shape index (κ3) is 5.62. The maximum atomic E-state index is 13.3. The number of esters is 1. The molecule has 6 heteroatoms. The molecule has 4 aromatic rings. The van der Waals surface area contributed by atoms with Crippen LogP contribution in [0.1, 0.15) is 37.9 Å². The largest absolute Gasteiger partial charge is 0.497 e.